The number of carbonyl (C=O) groups excluding carboxylic acids is 1. The fourth-order valence-electron chi connectivity index (χ4n) is 1.65. The molecule has 2 aromatic carbocycles. The van der Waals surface area contributed by atoms with Gasteiger partial charge in [0.25, 0.3) is 0 Å². The fraction of sp³-hybridized carbons (Fsp3) is 0.133. The second-order valence-corrected chi connectivity index (χ2v) is 4.67. The average Bonchev–Trinajstić information content (AvgIpc) is 2.47. The van der Waals surface area contributed by atoms with Crippen molar-refractivity contribution in [3.63, 3.8) is 0 Å². The normalized spacial score (nSPS) is 10.1. The molecule has 0 aliphatic heterocycles. The number of hydrogen-bond acceptors (Lipinski definition) is 3. The van der Waals surface area contributed by atoms with Crippen LogP contribution in [-0.4, -0.2) is 19.1 Å². The first-order chi connectivity index (χ1) is 8.74. The first-order valence-corrected chi connectivity index (χ1v) is 6.80. The van der Waals surface area contributed by atoms with Crippen LogP contribution in [0.1, 0.15) is 15.9 Å². The third-order valence-electron chi connectivity index (χ3n) is 2.70. The van der Waals surface area contributed by atoms with E-state index in [2.05, 4.69) is 0 Å². The minimum absolute atomic E-state index is 0.0327. The zero-order chi connectivity index (χ0) is 13.0. The predicted octanol–water partition coefficient (Wildman–Crippen LogP) is 3.65. The lowest BCUT2D eigenvalue weighted by Gasteiger charge is -2.04. The van der Waals surface area contributed by atoms with E-state index in [1.807, 2.05) is 30.5 Å². The van der Waals surface area contributed by atoms with Crippen molar-refractivity contribution in [2.45, 2.75) is 4.90 Å². The maximum absolute atomic E-state index is 12.2. The zero-order valence-electron chi connectivity index (χ0n) is 10.3. The van der Waals surface area contributed by atoms with Crippen molar-refractivity contribution in [3.8, 4) is 5.75 Å². The molecule has 0 heterocycles. The molecule has 18 heavy (non-hydrogen) atoms. The summed E-state index contributed by atoms with van der Waals surface area (Å²) in [7, 11) is 1.61. The van der Waals surface area contributed by atoms with E-state index in [9.17, 15) is 4.79 Å². The molecule has 0 radical (unpaired) electrons. The second-order valence-electron chi connectivity index (χ2n) is 3.79. The maximum atomic E-state index is 12.2. The number of methoxy groups -OCH3 is 1. The molecule has 92 valence electrons. The number of ether oxygens (including phenoxy) is 1. The molecule has 2 aromatic rings. The number of rotatable bonds is 4. The van der Waals surface area contributed by atoms with E-state index in [0.717, 1.165) is 10.6 Å². The van der Waals surface area contributed by atoms with E-state index >= 15 is 0 Å². The minimum atomic E-state index is 0.0327. The Morgan fingerprint density at radius 2 is 1.44 bits per heavy atom. The van der Waals surface area contributed by atoms with Crippen LogP contribution >= 0.6 is 11.8 Å². The summed E-state index contributed by atoms with van der Waals surface area (Å²) >= 11 is 1.66. The van der Waals surface area contributed by atoms with Gasteiger partial charge in [-0.2, -0.15) is 0 Å². The van der Waals surface area contributed by atoms with Gasteiger partial charge in [0.15, 0.2) is 5.78 Å². The molecular formula is C15H14O2S. The number of hydrogen-bond donors (Lipinski definition) is 0. The second kappa shape index (κ2) is 5.74. The lowest BCUT2D eigenvalue weighted by Crippen LogP contribution is -2.00. The maximum Gasteiger partial charge on any atom is 0.193 e. The molecule has 0 spiro atoms. The Morgan fingerprint density at radius 1 is 0.944 bits per heavy atom. The van der Waals surface area contributed by atoms with Gasteiger partial charge in [0.05, 0.1) is 7.11 Å². The van der Waals surface area contributed by atoms with Gasteiger partial charge >= 0.3 is 0 Å². The molecule has 0 fully saturated rings. The molecule has 0 atom stereocenters. The van der Waals surface area contributed by atoms with Crippen LogP contribution < -0.4 is 4.74 Å². The Kier molecular flexibility index (Phi) is 4.05. The molecule has 0 N–H and O–H groups in total. The van der Waals surface area contributed by atoms with Crippen molar-refractivity contribution < 1.29 is 9.53 Å². The Labute approximate surface area is 111 Å². The van der Waals surface area contributed by atoms with Gasteiger partial charge in [-0.1, -0.05) is 0 Å². The number of ketones is 1. The molecule has 3 heteroatoms. The van der Waals surface area contributed by atoms with Gasteiger partial charge in [-0.3, -0.25) is 4.79 Å². The highest BCUT2D eigenvalue weighted by Crippen LogP contribution is 2.18. The van der Waals surface area contributed by atoms with E-state index in [0.29, 0.717) is 11.1 Å². The lowest BCUT2D eigenvalue weighted by atomic mass is 10.0. The molecule has 0 saturated carbocycles. The summed E-state index contributed by atoms with van der Waals surface area (Å²) in [4.78, 5) is 13.4. The van der Waals surface area contributed by atoms with Crippen molar-refractivity contribution >= 4 is 17.5 Å². The smallest absolute Gasteiger partial charge is 0.193 e. The van der Waals surface area contributed by atoms with E-state index < -0.39 is 0 Å². The summed E-state index contributed by atoms with van der Waals surface area (Å²) in [6.07, 6.45) is 2.01. The SMILES string of the molecule is COc1ccc(C(=O)c2ccc(SC)cc2)cc1. The summed E-state index contributed by atoms with van der Waals surface area (Å²) in [5.41, 5.74) is 1.38. The highest BCUT2D eigenvalue weighted by atomic mass is 32.2. The monoisotopic (exact) mass is 258 g/mol. The van der Waals surface area contributed by atoms with E-state index in [1.54, 1.807) is 43.1 Å². The molecular weight excluding hydrogens is 244 g/mol. The van der Waals surface area contributed by atoms with Crippen molar-refractivity contribution in [2.24, 2.45) is 0 Å². The molecule has 0 aliphatic carbocycles. The Balaban J connectivity index is 2.23. The van der Waals surface area contributed by atoms with Gasteiger partial charge in [0, 0.05) is 16.0 Å². The van der Waals surface area contributed by atoms with Crippen LogP contribution in [0.5, 0.6) is 5.75 Å². The molecule has 2 nitrogen and oxygen atoms in total. The molecule has 0 bridgehead atoms. The minimum Gasteiger partial charge on any atom is -0.497 e. The van der Waals surface area contributed by atoms with Crippen LogP contribution in [0.2, 0.25) is 0 Å². The molecule has 0 aliphatic rings. The Bertz CT molecular complexity index is 480. The van der Waals surface area contributed by atoms with Crippen LogP contribution in [0, 0.1) is 0 Å². The van der Waals surface area contributed by atoms with Crippen LogP contribution in [0.4, 0.5) is 0 Å². The summed E-state index contributed by atoms with van der Waals surface area (Å²) < 4.78 is 5.07. The van der Waals surface area contributed by atoms with E-state index in [4.69, 9.17) is 4.74 Å². The number of benzene rings is 2. The van der Waals surface area contributed by atoms with Gasteiger partial charge < -0.3 is 4.74 Å². The summed E-state index contributed by atoms with van der Waals surface area (Å²) in [5, 5.41) is 0. The van der Waals surface area contributed by atoms with E-state index in [1.165, 1.54) is 0 Å². The molecule has 0 aromatic heterocycles. The summed E-state index contributed by atoms with van der Waals surface area (Å²) in [5.74, 6) is 0.787. The third kappa shape index (κ3) is 2.74. The molecule has 0 unspecified atom stereocenters. The van der Waals surface area contributed by atoms with Crippen LogP contribution in [0.3, 0.4) is 0 Å². The summed E-state index contributed by atoms with van der Waals surface area (Å²) in [6, 6.07) is 14.8. The van der Waals surface area contributed by atoms with Crippen molar-refractivity contribution in [3.05, 3.63) is 59.7 Å². The average molecular weight is 258 g/mol. The molecule has 2 rings (SSSR count). The van der Waals surface area contributed by atoms with Crippen LogP contribution in [0.15, 0.2) is 53.4 Å². The molecule has 0 saturated heterocycles. The van der Waals surface area contributed by atoms with Crippen molar-refractivity contribution in [1.29, 1.82) is 0 Å². The zero-order valence-corrected chi connectivity index (χ0v) is 11.2. The number of thioether (sulfide) groups is 1. The third-order valence-corrected chi connectivity index (χ3v) is 3.45. The van der Waals surface area contributed by atoms with Gasteiger partial charge in [-0.05, 0) is 54.8 Å². The Hall–Kier alpha value is -1.74. The highest BCUT2D eigenvalue weighted by Gasteiger charge is 2.08. The van der Waals surface area contributed by atoms with Gasteiger partial charge in [0.2, 0.25) is 0 Å². The quantitative estimate of drug-likeness (QED) is 0.618. The Morgan fingerprint density at radius 3 is 1.89 bits per heavy atom. The van der Waals surface area contributed by atoms with Crippen LogP contribution in [-0.2, 0) is 0 Å². The molecule has 0 amide bonds. The van der Waals surface area contributed by atoms with Gasteiger partial charge in [0.1, 0.15) is 5.75 Å². The first kappa shape index (κ1) is 12.7. The van der Waals surface area contributed by atoms with Gasteiger partial charge in [-0.15, -0.1) is 11.8 Å². The van der Waals surface area contributed by atoms with Gasteiger partial charge in [-0.25, -0.2) is 0 Å². The van der Waals surface area contributed by atoms with Crippen LogP contribution in [0.25, 0.3) is 0 Å². The summed E-state index contributed by atoms with van der Waals surface area (Å²) in [6.45, 7) is 0. The first-order valence-electron chi connectivity index (χ1n) is 5.57. The lowest BCUT2D eigenvalue weighted by molar-refractivity contribution is 0.103. The predicted molar refractivity (Wildman–Crippen MR) is 74.6 cm³/mol. The van der Waals surface area contributed by atoms with Crippen molar-refractivity contribution in [2.75, 3.05) is 13.4 Å². The topological polar surface area (TPSA) is 26.3 Å². The fourth-order valence-corrected chi connectivity index (χ4v) is 2.06. The van der Waals surface area contributed by atoms with E-state index in [-0.39, 0.29) is 5.78 Å². The number of carbonyl (C=O) groups is 1. The highest BCUT2D eigenvalue weighted by molar-refractivity contribution is 7.98. The largest absolute Gasteiger partial charge is 0.497 e. The standard InChI is InChI=1S/C15H14O2S/c1-17-13-7-3-11(4-8-13)15(16)12-5-9-14(18-2)10-6-12/h3-10H,1-2H3. The van der Waals surface area contributed by atoms with Crippen molar-refractivity contribution in [1.82, 2.24) is 0 Å².